The first kappa shape index (κ1) is 19.3. The van der Waals surface area contributed by atoms with E-state index in [2.05, 4.69) is 12.2 Å². The Hall–Kier alpha value is -3.02. The average Bonchev–Trinajstić information content (AvgIpc) is 2.99. The highest BCUT2D eigenvalue weighted by Gasteiger charge is 2.49. The van der Waals surface area contributed by atoms with Crippen LogP contribution in [0.25, 0.3) is 0 Å². The SMILES string of the molecule is CC1CCC2(CC1)N=C(c1ccccc1)C(=O)N2CC(=O)Nc1ccccc1F. The highest BCUT2D eigenvalue weighted by molar-refractivity contribution is 6.47. The summed E-state index contributed by atoms with van der Waals surface area (Å²) in [5.41, 5.74) is 0.576. The highest BCUT2D eigenvalue weighted by atomic mass is 19.1. The van der Waals surface area contributed by atoms with Crippen LogP contribution in [-0.2, 0) is 9.59 Å². The third kappa shape index (κ3) is 3.79. The van der Waals surface area contributed by atoms with Gasteiger partial charge in [-0.3, -0.25) is 14.6 Å². The van der Waals surface area contributed by atoms with Crippen molar-refractivity contribution in [1.82, 2.24) is 4.90 Å². The van der Waals surface area contributed by atoms with Gasteiger partial charge >= 0.3 is 0 Å². The van der Waals surface area contributed by atoms with E-state index < -0.39 is 17.4 Å². The topological polar surface area (TPSA) is 61.8 Å². The Morgan fingerprint density at radius 2 is 1.79 bits per heavy atom. The van der Waals surface area contributed by atoms with Crippen molar-refractivity contribution in [3.05, 3.63) is 66.0 Å². The smallest absolute Gasteiger partial charge is 0.275 e. The quantitative estimate of drug-likeness (QED) is 0.853. The van der Waals surface area contributed by atoms with Crippen LogP contribution < -0.4 is 5.32 Å². The zero-order chi connectivity index (χ0) is 20.4. The molecule has 150 valence electrons. The second-order valence-electron chi connectivity index (χ2n) is 7.91. The molecule has 6 heteroatoms. The van der Waals surface area contributed by atoms with Crippen LogP contribution in [0.1, 0.15) is 38.2 Å². The molecule has 1 aliphatic carbocycles. The lowest BCUT2D eigenvalue weighted by Crippen LogP contribution is -2.51. The fraction of sp³-hybridized carbons (Fsp3) is 0.348. The lowest BCUT2D eigenvalue weighted by molar-refractivity contribution is -0.134. The number of para-hydroxylation sites is 1. The third-order valence-electron chi connectivity index (χ3n) is 5.84. The number of benzene rings is 2. The summed E-state index contributed by atoms with van der Waals surface area (Å²) in [4.78, 5) is 32.4. The molecule has 1 aliphatic heterocycles. The van der Waals surface area contributed by atoms with Gasteiger partial charge in [0.1, 0.15) is 23.7 Å². The normalized spacial score (nSPS) is 23.9. The molecule has 2 aromatic carbocycles. The summed E-state index contributed by atoms with van der Waals surface area (Å²) in [6, 6.07) is 15.4. The highest BCUT2D eigenvalue weighted by Crippen LogP contribution is 2.41. The van der Waals surface area contributed by atoms with Gasteiger partial charge in [0.05, 0.1) is 5.69 Å². The van der Waals surface area contributed by atoms with E-state index in [9.17, 15) is 14.0 Å². The van der Waals surface area contributed by atoms with Crippen LogP contribution in [0.5, 0.6) is 0 Å². The van der Waals surface area contributed by atoms with Gasteiger partial charge in [-0.15, -0.1) is 0 Å². The van der Waals surface area contributed by atoms with Gasteiger partial charge in [0.2, 0.25) is 5.91 Å². The summed E-state index contributed by atoms with van der Waals surface area (Å²) in [5.74, 6) is -0.600. The van der Waals surface area contributed by atoms with E-state index in [0.29, 0.717) is 11.6 Å². The Balaban J connectivity index is 1.60. The van der Waals surface area contributed by atoms with Crippen molar-refractivity contribution in [2.75, 3.05) is 11.9 Å². The second-order valence-corrected chi connectivity index (χ2v) is 7.91. The van der Waals surface area contributed by atoms with Gasteiger partial charge in [0.25, 0.3) is 5.91 Å². The number of aliphatic imine (C=N–C) groups is 1. The predicted octanol–water partition coefficient (Wildman–Crippen LogP) is 4.00. The Kier molecular flexibility index (Phi) is 5.18. The van der Waals surface area contributed by atoms with Gasteiger partial charge in [0, 0.05) is 5.56 Å². The van der Waals surface area contributed by atoms with Crippen molar-refractivity contribution in [3.63, 3.8) is 0 Å². The molecule has 0 unspecified atom stereocenters. The Labute approximate surface area is 169 Å². The van der Waals surface area contributed by atoms with Crippen molar-refractivity contribution >= 4 is 23.2 Å². The lowest BCUT2D eigenvalue weighted by Gasteiger charge is -2.40. The molecule has 4 rings (SSSR count). The molecule has 0 aromatic heterocycles. The predicted molar refractivity (Wildman–Crippen MR) is 110 cm³/mol. The molecule has 1 N–H and O–H groups in total. The van der Waals surface area contributed by atoms with Crippen LogP contribution in [0.15, 0.2) is 59.6 Å². The van der Waals surface area contributed by atoms with Gasteiger partial charge in [-0.1, -0.05) is 49.4 Å². The number of carbonyl (C=O) groups is 2. The molecular weight excluding hydrogens is 369 g/mol. The summed E-state index contributed by atoms with van der Waals surface area (Å²) >= 11 is 0. The van der Waals surface area contributed by atoms with E-state index >= 15 is 0 Å². The van der Waals surface area contributed by atoms with E-state index in [4.69, 9.17) is 4.99 Å². The van der Waals surface area contributed by atoms with E-state index in [-0.39, 0.29) is 18.1 Å². The van der Waals surface area contributed by atoms with Crippen molar-refractivity contribution in [1.29, 1.82) is 0 Å². The summed E-state index contributed by atoms with van der Waals surface area (Å²) in [6.07, 6.45) is 3.35. The molecule has 0 radical (unpaired) electrons. The molecule has 2 aromatic rings. The number of anilines is 1. The molecule has 0 atom stereocenters. The lowest BCUT2D eigenvalue weighted by atomic mass is 9.82. The molecule has 0 bridgehead atoms. The minimum Gasteiger partial charge on any atom is -0.322 e. The van der Waals surface area contributed by atoms with Gasteiger partial charge < -0.3 is 10.2 Å². The first-order valence-corrected chi connectivity index (χ1v) is 10.0. The Morgan fingerprint density at radius 3 is 2.48 bits per heavy atom. The summed E-state index contributed by atoms with van der Waals surface area (Å²) in [6.45, 7) is 2.04. The van der Waals surface area contributed by atoms with Crippen LogP contribution in [0, 0.1) is 11.7 Å². The molecule has 1 heterocycles. The number of hydrogen-bond donors (Lipinski definition) is 1. The van der Waals surface area contributed by atoms with Gasteiger partial charge in [-0.2, -0.15) is 0 Å². The van der Waals surface area contributed by atoms with Crippen molar-refractivity contribution in [3.8, 4) is 0 Å². The summed E-state index contributed by atoms with van der Waals surface area (Å²) < 4.78 is 13.9. The average molecular weight is 393 g/mol. The van der Waals surface area contributed by atoms with Crippen molar-refractivity contribution in [2.45, 2.75) is 38.3 Å². The van der Waals surface area contributed by atoms with Gasteiger partial charge in [-0.05, 0) is 43.7 Å². The molecule has 2 amide bonds. The van der Waals surface area contributed by atoms with E-state index in [1.165, 1.54) is 12.1 Å². The molecular formula is C23H24FN3O2. The number of rotatable bonds is 4. The van der Waals surface area contributed by atoms with Crippen LogP contribution in [0.3, 0.4) is 0 Å². The zero-order valence-corrected chi connectivity index (χ0v) is 16.4. The van der Waals surface area contributed by atoms with Crippen LogP contribution >= 0.6 is 0 Å². The first-order valence-electron chi connectivity index (χ1n) is 10.0. The minimum absolute atomic E-state index is 0.111. The Morgan fingerprint density at radius 1 is 1.14 bits per heavy atom. The van der Waals surface area contributed by atoms with E-state index in [1.54, 1.807) is 17.0 Å². The van der Waals surface area contributed by atoms with Crippen molar-refractivity contribution < 1.29 is 14.0 Å². The van der Waals surface area contributed by atoms with Crippen LogP contribution in [-0.4, -0.2) is 34.6 Å². The largest absolute Gasteiger partial charge is 0.322 e. The number of nitrogens with zero attached hydrogens (tertiary/aromatic N) is 2. The third-order valence-corrected chi connectivity index (χ3v) is 5.84. The number of carbonyl (C=O) groups excluding carboxylic acids is 2. The molecule has 1 spiro atoms. The van der Waals surface area contributed by atoms with Crippen LogP contribution in [0.2, 0.25) is 0 Å². The maximum atomic E-state index is 13.9. The molecule has 1 saturated carbocycles. The van der Waals surface area contributed by atoms with Gasteiger partial charge in [-0.25, -0.2) is 4.39 Å². The second kappa shape index (κ2) is 7.78. The maximum absolute atomic E-state index is 13.9. The Bertz CT molecular complexity index is 950. The monoisotopic (exact) mass is 393 g/mol. The first-order chi connectivity index (χ1) is 14.0. The number of halogens is 1. The van der Waals surface area contributed by atoms with E-state index in [1.807, 2.05) is 30.3 Å². The standard InChI is InChI=1S/C23H24FN3O2/c1-16-11-13-23(14-12-16)26-21(17-7-3-2-4-8-17)22(29)27(23)15-20(28)25-19-10-6-5-9-18(19)24/h2-10,16H,11-15H2,1H3,(H,25,28). The minimum atomic E-state index is -0.693. The number of nitrogens with one attached hydrogen (secondary N) is 1. The fourth-order valence-electron chi connectivity index (χ4n) is 4.14. The molecule has 29 heavy (non-hydrogen) atoms. The molecule has 0 saturated heterocycles. The number of amides is 2. The van der Waals surface area contributed by atoms with Crippen LogP contribution in [0.4, 0.5) is 10.1 Å². The van der Waals surface area contributed by atoms with E-state index in [0.717, 1.165) is 31.2 Å². The molecule has 1 fully saturated rings. The summed E-state index contributed by atoms with van der Waals surface area (Å²) in [5, 5.41) is 2.58. The maximum Gasteiger partial charge on any atom is 0.275 e. The van der Waals surface area contributed by atoms with Gasteiger partial charge in [0.15, 0.2) is 0 Å². The fourth-order valence-corrected chi connectivity index (χ4v) is 4.14. The van der Waals surface area contributed by atoms with Crippen molar-refractivity contribution in [2.24, 2.45) is 10.9 Å². The zero-order valence-electron chi connectivity index (χ0n) is 16.4. The molecule has 5 nitrogen and oxygen atoms in total. The summed E-state index contributed by atoms with van der Waals surface area (Å²) in [7, 11) is 0. The number of hydrogen-bond acceptors (Lipinski definition) is 3. The molecule has 2 aliphatic rings.